The zero-order chi connectivity index (χ0) is 8.27. The summed E-state index contributed by atoms with van der Waals surface area (Å²) in [6.07, 6.45) is 0.555. The van der Waals surface area contributed by atoms with Gasteiger partial charge in [0.25, 0.3) is 6.43 Å². The molecular weight excluding hydrogens is 150 g/mol. The summed E-state index contributed by atoms with van der Waals surface area (Å²) in [6.45, 7) is 1.95. The minimum Gasteiger partial charge on any atom is -0.276 e. The maximum absolute atomic E-state index is 12.1. The third-order valence-electron chi connectivity index (χ3n) is 1.49. The molecule has 0 aliphatic carbocycles. The second-order valence-corrected chi connectivity index (χ2v) is 2.36. The molecule has 1 heterocycles. The number of alkyl halides is 2. The van der Waals surface area contributed by atoms with Gasteiger partial charge < -0.3 is 0 Å². The molecule has 0 radical (unpaired) electrons. The molecular formula is C7H10F2N2. The Morgan fingerprint density at radius 2 is 2.36 bits per heavy atom. The van der Waals surface area contributed by atoms with Crippen LogP contribution in [0.2, 0.25) is 0 Å². The Bertz CT molecular complexity index is 220. The van der Waals surface area contributed by atoms with Gasteiger partial charge in [0.1, 0.15) is 5.69 Å². The Morgan fingerprint density at radius 3 is 2.91 bits per heavy atom. The lowest BCUT2D eigenvalue weighted by atomic mass is 10.1. The molecule has 0 saturated carbocycles. The highest BCUT2D eigenvalue weighted by Gasteiger charge is 2.13. The highest BCUT2D eigenvalue weighted by Crippen LogP contribution is 2.20. The molecule has 0 amide bonds. The van der Waals surface area contributed by atoms with E-state index in [4.69, 9.17) is 0 Å². The number of hydrogen-bond donors (Lipinski definition) is 1. The largest absolute Gasteiger partial charge is 0.280 e. The molecule has 0 bridgehead atoms. The summed E-state index contributed by atoms with van der Waals surface area (Å²) in [5.41, 5.74) is 0.592. The number of nitrogens with zero attached hydrogens (tertiary/aromatic N) is 1. The highest BCUT2D eigenvalue weighted by molar-refractivity contribution is 5.17. The molecule has 0 spiro atoms. The molecule has 1 N–H and O–H groups in total. The molecule has 11 heavy (non-hydrogen) atoms. The Kier molecular flexibility index (Phi) is 2.57. The van der Waals surface area contributed by atoms with Gasteiger partial charge in [-0.3, -0.25) is 5.10 Å². The fourth-order valence-corrected chi connectivity index (χ4v) is 0.979. The molecule has 0 aliphatic heterocycles. The monoisotopic (exact) mass is 160 g/mol. The molecule has 4 heteroatoms. The number of hydrogen-bond acceptors (Lipinski definition) is 1. The van der Waals surface area contributed by atoms with Crippen LogP contribution in [0, 0.1) is 0 Å². The summed E-state index contributed by atoms with van der Waals surface area (Å²) in [7, 11) is 0. The molecule has 1 aromatic heterocycles. The maximum atomic E-state index is 12.1. The summed E-state index contributed by atoms with van der Waals surface area (Å²) in [5, 5.41) is 5.85. The number of aromatic nitrogens is 2. The fraction of sp³-hybridized carbons (Fsp3) is 0.571. The average Bonchev–Trinajstić information content (AvgIpc) is 2.36. The van der Waals surface area contributed by atoms with Gasteiger partial charge in [-0.25, -0.2) is 8.78 Å². The smallest absolute Gasteiger partial charge is 0.276 e. The van der Waals surface area contributed by atoms with Crippen molar-refractivity contribution in [3.63, 3.8) is 0 Å². The van der Waals surface area contributed by atoms with Crippen LogP contribution < -0.4 is 0 Å². The number of aromatic amines is 1. The lowest BCUT2D eigenvalue weighted by Gasteiger charge is -1.97. The Balaban J connectivity index is 2.78. The molecule has 0 aromatic carbocycles. The third kappa shape index (κ3) is 1.76. The standard InChI is InChI=1S/C7H10F2N2/c1-2-3-5-4-10-11-6(5)7(8)9/h4,7H,2-3H2,1H3,(H,10,11). The number of aryl methyl sites for hydroxylation is 1. The molecule has 0 atom stereocenters. The van der Waals surface area contributed by atoms with Gasteiger partial charge in [-0.05, 0) is 12.0 Å². The Morgan fingerprint density at radius 1 is 1.64 bits per heavy atom. The molecule has 0 unspecified atom stereocenters. The van der Waals surface area contributed by atoms with E-state index < -0.39 is 6.43 Å². The zero-order valence-corrected chi connectivity index (χ0v) is 6.27. The Labute approximate surface area is 63.6 Å². The van der Waals surface area contributed by atoms with Crippen LogP contribution in [0.1, 0.15) is 31.0 Å². The zero-order valence-electron chi connectivity index (χ0n) is 6.27. The molecule has 1 aromatic rings. The van der Waals surface area contributed by atoms with Gasteiger partial charge in [0.15, 0.2) is 0 Å². The normalized spacial score (nSPS) is 10.9. The van der Waals surface area contributed by atoms with E-state index in [1.807, 2.05) is 6.92 Å². The first-order valence-electron chi connectivity index (χ1n) is 3.56. The first-order chi connectivity index (χ1) is 5.25. The van der Waals surface area contributed by atoms with E-state index in [1.165, 1.54) is 6.20 Å². The van der Waals surface area contributed by atoms with E-state index in [0.29, 0.717) is 12.0 Å². The lowest BCUT2D eigenvalue weighted by molar-refractivity contribution is 0.145. The van der Waals surface area contributed by atoms with Gasteiger partial charge in [0, 0.05) is 0 Å². The van der Waals surface area contributed by atoms with Crippen LogP contribution in [-0.2, 0) is 6.42 Å². The SMILES string of the molecule is CCCc1cn[nH]c1C(F)F. The maximum Gasteiger partial charge on any atom is 0.280 e. The third-order valence-corrected chi connectivity index (χ3v) is 1.49. The molecule has 1 rings (SSSR count). The molecule has 0 aliphatic rings. The van der Waals surface area contributed by atoms with Crippen molar-refractivity contribution in [2.75, 3.05) is 0 Å². The van der Waals surface area contributed by atoms with Gasteiger partial charge in [-0.1, -0.05) is 13.3 Å². The quantitative estimate of drug-likeness (QED) is 0.722. The van der Waals surface area contributed by atoms with Gasteiger partial charge >= 0.3 is 0 Å². The van der Waals surface area contributed by atoms with Crippen LogP contribution >= 0.6 is 0 Å². The predicted octanol–water partition coefficient (Wildman–Crippen LogP) is 2.30. The average molecular weight is 160 g/mol. The van der Waals surface area contributed by atoms with Crippen molar-refractivity contribution in [2.24, 2.45) is 0 Å². The van der Waals surface area contributed by atoms with Gasteiger partial charge in [-0.2, -0.15) is 5.10 Å². The van der Waals surface area contributed by atoms with Crippen LogP contribution in [0.3, 0.4) is 0 Å². The van der Waals surface area contributed by atoms with E-state index in [2.05, 4.69) is 10.2 Å². The van der Waals surface area contributed by atoms with E-state index in [9.17, 15) is 8.78 Å². The number of halogens is 2. The van der Waals surface area contributed by atoms with Crippen LogP contribution in [0.5, 0.6) is 0 Å². The fourth-order valence-electron chi connectivity index (χ4n) is 0.979. The molecule has 0 saturated heterocycles. The van der Waals surface area contributed by atoms with Gasteiger partial charge in [-0.15, -0.1) is 0 Å². The van der Waals surface area contributed by atoms with Crippen LogP contribution in [0.4, 0.5) is 8.78 Å². The van der Waals surface area contributed by atoms with Crippen molar-refractivity contribution in [2.45, 2.75) is 26.2 Å². The van der Waals surface area contributed by atoms with Crippen LogP contribution in [-0.4, -0.2) is 10.2 Å². The van der Waals surface area contributed by atoms with E-state index in [-0.39, 0.29) is 5.69 Å². The summed E-state index contributed by atoms with van der Waals surface area (Å²) < 4.78 is 24.2. The summed E-state index contributed by atoms with van der Waals surface area (Å²) in [5.74, 6) is 0. The van der Waals surface area contributed by atoms with Crippen molar-refractivity contribution in [1.29, 1.82) is 0 Å². The highest BCUT2D eigenvalue weighted by atomic mass is 19.3. The number of nitrogens with one attached hydrogen (secondary N) is 1. The topological polar surface area (TPSA) is 28.7 Å². The van der Waals surface area contributed by atoms with E-state index in [1.54, 1.807) is 0 Å². The van der Waals surface area contributed by atoms with Gasteiger partial charge in [0.05, 0.1) is 6.20 Å². The molecule has 62 valence electrons. The first kappa shape index (κ1) is 8.17. The van der Waals surface area contributed by atoms with E-state index >= 15 is 0 Å². The van der Waals surface area contributed by atoms with Crippen molar-refractivity contribution in [3.8, 4) is 0 Å². The number of rotatable bonds is 3. The second kappa shape index (κ2) is 3.46. The van der Waals surface area contributed by atoms with Crippen LogP contribution in [0.25, 0.3) is 0 Å². The van der Waals surface area contributed by atoms with Crippen molar-refractivity contribution in [3.05, 3.63) is 17.5 Å². The minimum atomic E-state index is -2.43. The number of H-pyrrole nitrogens is 1. The summed E-state index contributed by atoms with van der Waals surface area (Å²) in [4.78, 5) is 0. The van der Waals surface area contributed by atoms with Crippen molar-refractivity contribution >= 4 is 0 Å². The Hall–Kier alpha value is -0.930. The second-order valence-electron chi connectivity index (χ2n) is 2.36. The summed E-state index contributed by atoms with van der Waals surface area (Å²) >= 11 is 0. The predicted molar refractivity (Wildman–Crippen MR) is 37.5 cm³/mol. The van der Waals surface area contributed by atoms with Crippen LogP contribution in [0.15, 0.2) is 6.20 Å². The lowest BCUT2D eigenvalue weighted by Crippen LogP contribution is -1.91. The molecule has 0 fully saturated rings. The van der Waals surface area contributed by atoms with Gasteiger partial charge in [0.2, 0.25) is 0 Å². The van der Waals surface area contributed by atoms with Crippen molar-refractivity contribution in [1.82, 2.24) is 10.2 Å². The molecule has 2 nitrogen and oxygen atoms in total. The minimum absolute atomic E-state index is 0.0353. The van der Waals surface area contributed by atoms with E-state index in [0.717, 1.165) is 6.42 Å². The first-order valence-corrected chi connectivity index (χ1v) is 3.56. The van der Waals surface area contributed by atoms with Crippen molar-refractivity contribution < 1.29 is 8.78 Å². The summed E-state index contributed by atoms with van der Waals surface area (Å²) in [6, 6.07) is 0.